The highest BCUT2D eigenvalue weighted by atomic mass is 32.2. The summed E-state index contributed by atoms with van der Waals surface area (Å²) in [4.78, 5) is 22.3. The van der Waals surface area contributed by atoms with Crippen LogP contribution in [0.3, 0.4) is 0 Å². The summed E-state index contributed by atoms with van der Waals surface area (Å²) in [5.74, 6) is 0.703. The van der Waals surface area contributed by atoms with Gasteiger partial charge in [-0.3, -0.25) is 14.9 Å². The smallest absolute Gasteiger partial charge is 0.283 e. The summed E-state index contributed by atoms with van der Waals surface area (Å²) in [6.45, 7) is 3.48. The number of nitrogens with zero attached hydrogens (tertiary/aromatic N) is 1. The lowest BCUT2D eigenvalue weighted by molar-refractivity contribution is -0.387. The van der Waals surface area contributed by atoms with Crippen molar-refractivity contribution in [3.8, 4) is 0 Å². The van der Waals surface area contributed by atoms with Crippen LogP contribution in [0.15, 0.2) is 23.1 Å². The number of thioether (sulfide) groups is 1. The van der Waals surface area contributed by atoms with Gasteiger partial charge in [-0.25, -0.2) is 0 Å². The van der Waals surface area contributed by atoms with Gasteiger partial charge in [0.2, 0.25) is 0 Å². The molecule has 5 heteroatoms. The van der Waals surface area contributed by atoms with Gasteiger partial charge in [0.15, 0.2) is 5.78 Å². The Balaban J connectivity index is 2.96. The van der Waals surface area contributed by atoms with Crippen LogP contribution in [0, 0.1) is 10.1 Å². The van der Waals surface area contributed by atoms with E-state index in [0.29, 0.717) is 10.5 Å². The van der Waals surface area contributed by atoms with E-state index in [9.17, 15) is 14.9 Å². The molecule has 4 nitrogen and oxygen atoms in total. The molecule has 0 spiro atoms. The van der Waals surface area contributed by atoms with Crippen LogP contribution in [0.25, 0.3) is 0 Å². The zero-order valence-corrected chi connectivity index (χ0v) is 10.8. The largest absolute Gasteiger partial charge is 0.295 e. The predicted molar refractivity (Wildman–Crippen MR) is 68.7 cm³/mol. The second-order valence-electron chi connectivity index (χ2n) is 3.70. The molecule has 0 saturated heterocycles. The Morgan fingerprint density at radius 2 is 2.18 bits per heavy atom. The van der Waals surface area contributed by atoms with Gasteiger partial charge in [0.05, 0.1) is 9.82 Å². The Bertz CT molecular complexity index is 432. The third-order valence-electron chi connectivity index (χ3n) is 2.32. The van der Waals surface area contributed by atoms with Crippen LogP contribution in [0.2, 0.25) is 0 Å². The summed E-state index contributed by atoms with van der Waals surface area (Å²) >= 11 is 1.47. The third kappa shape index (κ3) is 3.85. The van der Waals surface area contributed by atoms with Gasteiger partial charge in [-0.05, 0) is 31.2 Å². The fourth-order valence-electron chi connectivity index (χ4n) is 1.33. The summed E-state index contributed by atoms with van der Waals surface area (Å²) in [6, 6.07) is 4.66. The number of nitro groups is 1. The van der Waals surface area contributed by atoms with Crippen LogP contribution >= 0.6 is 11.8 Å². The number of rotatable bonds is 6. The van der Waals surface area contributed by atoms with Gasteiger partial charge in [0, 0.05) is 11.6 Å². The van der Waals surface area contributed by atoms with Gasteiger partial charge >= 0.3 is 0 Å². The van der Waals surface area contributed by atoms with Gasteiger partial charge in [0.1, 0.15) is 0 Å². The average Bonchev–Trinajstić information content (AvgIpc) is 2.29. The molecule has 0 bridgehead atoms. The Morgan fingerprint density at radius 3 is 2.71 bits per heavy atom. The van der Waals surface area contributed by atoms with Crippen molar-refractivity contribution in [1.82, 2.24) is 0 Å². The van der Waals surface area contributed by atoms with Crippen molar-refractivity contribution in [1.29, 1.82) is 0 Å². The molecule has 0 aliphatic rings. The number of benzene rings is 1. The highest BCUT2D eigenvalue weighted by molar-refractivity contribution is 7.99. The molecule has 0 fully saturated rings. The zero-order valence-electron chi connectivity index (χ0n) is 9.93. The van der Waals surface area contributed by atoms with Crippen LogP contribution in [-0.2, 0) is 0 Å². The fraction of sp³-hybridized carbons (Fsp3) is 0.417. The molecular weight excluding hydrogens is 238 g/mol. The Hall–Kier alpha value is -1.36. The summed E-state index contributed by atoms with van der Waals surface area (Å²) in [6.07, 6.45) is 2.09. The van der Waals surface area contributed by atoms with Crippen molar-refractivity contribution in [2.45, 2.75) is 31.6 Å². The van der Waals surface area contributed by atoms with Gasteiger partial charge in [0.25, 0.3) is 5.69 Å². The summed E-state index contributed by atoms with van der Waals surface area (Å²) in [5, 5.41) is 10.9. The lowest BCUT2D eigenvalue weighted by Gasteiger charge is -2.03. The Kier molecular flexibility index (Phi) is 5.15. The molecule has 0 N–H and O–H groups in total. The van der Waals surface area contributed by atoms with Crippen molar-refractivity contribution in [3.63, 3.8) is 0 Å². The minimum absolute atomic E-state index is 0.0267. The highest BCUT2D eigenvalue weighted by Gasteiger charge is 2.16. The van der Waals surface area contributed by atoms with E-state index < -0.39 is 4.92 Å². The van der Waals surface area contributed by atoms with E-state index in [1.807, 2.05) is 0 Å². The van der Waals surface area contributed by atoms with Crippen molar-refractivity contribution in [3.05, 3.63) is 33.9 Å². The summed E-state index contributed by atoms with van der Waals surface area (Å²) < 4.78 is 0. The first-order valence-corrected chi connectivity index (χ1v) is 6.47. The van der Waals surface area contributed by atoms with E-state index in [1.54, 1.807) is 12.1 Å². The minimum Gasteiger partial charge on any atom is -0.295 e. The molecule has 0 aliphatic carbocycles. The number of carbonyl (C=O) groups excluding carboxylic acids is 1. The molecule has 1 rings (SSSR count). The second-order valence-corrected chi connectivity index (χ2v) is 4.83. The van der Waals surface area contributed by atoms with Crippen LogP contribution in [0.1, 0.15) is 37.0 Å². The maximum Gasteiger partial charge on any atom is 0.283 e. The number of nitro benzene ring substituents is 1. The number of hydrogen-bond acceptors (Lipinski definition) is 4. The highest BCUT2D eigenvalue weighted by Crippen LogP contribution is 2.30. The fourth-order valence-corrected chi connectivity index (χ4v) is 2.43. The number of ketones is 1. The van der Waals surface area contributed by atoms with Crippen LogP contribution in [0.4, 0.5) is 5.69 Å². The molecule has 0 heterocycles. The Morgan fingerprint density at radius 1 is 1.47 bits per heavy atom. The molecule has 92 valence electrons. The molecule has 1 aromatic carbocycles. The molecule has 17 heavy (non-hydrogen) atoms. The number of carbonyl (C=O) groups is 1. The third-order valence-corrected chi connectivity index (χ3v) is 3.47. The van der Waals surface area contributed by atoms with Gasteiger partial charge < -0.3 is 0 Å². The summed E-state index contributed by atoms with van der Waals surface area (Å²) in [5.41, 5.74) is 0.412. The van der Waals surface area contributed by atoms with Crippen molar-refractivity contribution in [2.24, 2.45) is 0 Å². The summed E-state index contributed by atoms with van der Waals surface area (Å²) in [7, 11) is 0. The van der Waals surface area contributed by atoms with Crippen LogP contribution in [0.5, 0.6) is 0 Å². The van der Waals surface area contributed by atoms with E-state index in [1.165, 1.54) is 24.8 Å². The molecule has 0 aliphatic heterocycles. The normalized spacial score (nSPS) is 10.2. The first-order chi connectivity index (χ1) is 8.06. The van der Waals surface area contributed by atoms with Gasteiger partial charge in [-0.1, -0.05) is 13.3 Å². The first kappa shape index (κ1) is 13.7. The van der Waals surface area contributed by atoms with E-state index >= 15 is 0 Å². The lowest BCUT2D eigenvalue weighted by Crippen LogP contribution is -1.97. The molecule has 0 atom stereocenters. The molecule has 0 radical (unpaired) electrons. The van der Waals surface area contributed by atoms with Gasteiger partial charge in [-0.15, -0.1) is 11.8 Å². The molecule has 0 aromatic heterocycles. The maximum atomic E-state index is 11.2. The second kappa shape index (κ2) is 6.39. The predicted octanol–water partition coefficient (Wildman–Crippen LogP) is 3.69. The van der Waals surface area contributed by atoms with Crippen LogP contribution in [-0.4, -0.2) is 16.5 Å². The number of hydrogen-bond donors (Lipinski definition) is 0. The van der Waals surface area contributed by atoms with Crippen LogP contribution < -0.4 is 0 Å². The minimum atomic E-state index is -0.430. The van der Waals surface area contributed by atoms with Gasteiger partial charge in [-0.2, -0.15) is 0 Å². The van der Waals surface area contributed by atoms with E-state index in [4.69, 9.17) is 0 Å². The lowest BCUT2D eigenvalue weighted by atomic mass is 10.1. The van der Waals surface area contributed by atoms with Crippen molar-refractivity contribution in [2.75, 3.05) is 5.75 Å². The Labute approximate surface area is 105 Å². The quantitative estimate of drug-likeness (QED) is 0.255. The first-order valence-electron chi connectivity index (χ1n) is 5.48. The number of unbranched alkanes of at least 4 members (excludes halogenated alkanes) is 1. The molecule has 0 amide bonds. The molecule has 0 unspecified atom stereocenters. The van der Waals surface area contributed by atoms with E-state index in [2.05, 4.69) is 6.92 Å². The van der Waals surface area contributed by atoms with E-state index in [-0.39, 0.29) is 11.5 Å². The standard InChI is InChI=1S/C12H15NO3S/c1-3-4-7-17-12-6-5-10(9(2)14)8-11(12)13(15)16/h5-6,8H,3-4,7H2,1-2H3. The molecule has 0 saturated carbocycles. The monoisotopic (exact) mass is 253 g/mol. The topological polar surface area (TPSA) is 60.2 Å². The van der Waals surface area contributed by atoms with E-state index in [0.717, 1.165) is 18.6 Å². The molecule has 1 aromatic rings. The SMILES string of the molecule is CCCCSc1ccc(C(C)=O)cc1[N+](=O)[O-]. The average molecular weight is 253 g/mol. The molecular formula is C12H15NO3S. The number of Topliss-reactive ketones (excluding diaryl/α,β-unsaturated/α-hetero) is 1. The maximum absolute atomic E-state index is 11.2. The van der Waals surface area contributed by atoms with Crippen molar-refractivity contribution < 1.29 is 9.72 Å². The zero-order chi connectivity index (χ0) is 12.8. The van der Waals surface area contributed by atoms with Crippen molar-refractivity contribution >= 4 is 23.2 Å².